The third kappa shape index (κ3) is 2.51. The molecule has 2 rings (SSSR count). The number of hydrogen-bond donors (Lipinski definition) is 1. The van der Waals surface area contributed by atoms with Gasteiger partial charge in [-0.2, -0.15) is 5.10 Å². The summed E-state index contributed by atoms with van der Waals surface area (Å²) in [6, 6.07) is 7.97. The fourth-order valence-corrected chi connectivity index (χ4v) is 2.41. The third-order valence-electron chi connectivity index (χ3n) is 3.23. The standard InChI is InChI=1S/C14H18ClN3/c1-9(14-10(2)17-18(4)11(14)3)16-13-7-5-12(15)6-8-13/h5-9,16H,1-4H3. The summed E-state index contributed by atoms with van der Waals surface area (Å²) in [6.07, 6.45) is 0. The predicted octanol–water partition coefficient (Wildman–Crippen LogP) is 3.86. The van der Waals surface area contributed by atoms with Crippen molar-refractivity contribution >= 4 is 17.3 Å². The lowest BCUT2D eigenvalue weighted by molar-refractivity contribution is 0.728. The molecule has 0 aliphatic heterocycles. The summed E-state index contributed by atoms with van der Waals surface area (Å²) in [5, 5.41) is 8.66. The molecule has 2 aromatic rings. The largest absolute Gasteiger partial charge is 0.378 e. The highest BCUT2D eigenvalue weighted by atomic mass is 35.5. The van der Waals surface area contributed by atoms with Crippen LogP contribution < -0.4 is 5.32 Å². The van der Waals surface area contributed by atoms with Gasteiger partial charge in [-0.25, -0.2) is 0 Å². The Hall–Kier alpha value is -1.48. The number of halogens is 1. The van der Waals surface area contributed by atoms with Crippen molar-refractivity contribution < 1.29 is 0 Å². The van der Waals surface area contributed by atoms with E-state index in [9.17, 15) is 0 Å². The highest BCUT2D eigenvalue weighted by Crippen LogP contribution is 2.25. The van der Waals surface area contributed by atoms with Gasteiger partial charge in [0.05, 0.1) is 11.7 Å². The molecule has 0 aliphatic rings. The molecule has 1 atom stereocenters. The van der Waals surface area contributed by atoms with Crippen molar-refractivity contribution in [2.75, 3.05) is 5.32 Å². The van der Waals surface area contributed by atoms with E-state index in [2.05, 4.69) is 24.3 Å². The van der Waals surface area contributed by atoms with Crippen LogP contribution in [-0.4, -0.2) is 9.78 Å². The number of anilines is 1. The Balaban J connectivity index is 2.21. The molecule has 1 aromatic carbocycles. The zero-order valence-corrected chi connectivity index (χ0v) is 11.9. The first kappa shape index (κ1) is 13.0. The second-order valence-corrected chi connectivity index (χ2v) is 5.02. The summed E-state index contributed by atoms with van der Waals surface area (Å²) in [7, 11) is 1.97. The van der Waals surface area contributed by atoms with Crippen LogP contribution in [-0.2, 0) is 7.05 Å². The Morgan fingerprint density at radius 2 is 1.83 bits per heavy atom. The number of aromatic nitrogens is 2. The predicted molar refractivity (Wildman–Crippen MR) is 76.2 cm³/mol. The minimum absolute atomic E-state index is 0.222. The lowest BCUT2D eigenvalue weighted by Crippen LogP contribution is -2.08. The van der Waals surface area contributed by atoms with E-state index in [1.807, 2.05) is 42.9 Å². The summed E-state index contributed by atoms with van der Waals surface area (Å²) in [4.78, 5) is 0. The Morgan fingerprint density at radius 1 is 1.22 bits per heavy atom. The number of nitrogens with zero attached hydrogens (tertiary/aromatic N) is 2. The van der Waals surface area contributed by atoms with Crippen molar-refractivity contribution in [3.8, 4) is 0 Å². The molecule has 1 heterocycles. The molecule has 0 amide bonds. The normalized spacial score (nSPS) is 12.5. The van der Waals surface area contributed by atoms with E-state index in [1.54, 1.807) is 0 Å². The van der Waals surface area contributed by atoms with E-state index in [-0.39, 0.29) is 6.04 Å². The van der Waals surface area contributed by atoms with Crippen molar-refractivity contribution in [3.05, 3.63) is 46.2 Å². The summed E-state index contributed by atoms with van der Waals surface area (Å²) in [5.74, 6) is 0. The molecule has 0 saturated heterocycles. The van der Waals surface area contributed by atoms with E-state index in [0.717, 1.165) is 16.4 Å². The summed E-state index contributed by atoms with van der Waals surface area (Å²) < 4.78 is 1.92. The van der Waals surface area contributed by atoms with Crippen molar-refractivity contribution in [2.45, 2.75) is 26.8 Å². The molecule has 0 radical (unpaired) electrons. The molecule has 18 heavy (non-hydrogen) atoms. The van der Waals surface area contributed by atoms with Gasteiger partial charge < -0.3 is 5.32 Å². The van der Waals surface area contributed by atoms with Crippen molar-refractivity contribution in [1.82, 2.24) is 9.78 Å². The van der Waals surface area contributed by atoms with Gasteiger partial charge in [-0.3, -0.25) is 4.68 Å². The van der Waals surface area contributed by atoms with Crippen LogP contribution in [0.4, 0.5) is 5.69 Å². The average Bonchev–Trinajstić information content (AvgIpc) is 2.56. The van der Waals surface area contributed by atoms with E-state index in [1.165, 1.54) is 11.3 Å². The Labute approximate surface area is 113 Å². The quantitative estimate of drug-likeness (QED) is 0.911. The average molecular weight is 264 g/mol. The van der Waals surface area contributed by atoms with Crippen LogP contribution >= 0.6 is 11.6 Å². The zero-order valence-electron chi connectivity index (χ0n) is 11.2. The first-order valence-corrected chi connectivity index (χ1v) is 6.39. The second-order valence-electron chi connectivity index (χ2n) is 4.58. The van der Waals surface area contributed by atoms with Gasteiger partial charge in [0.1, 0.15) is 0 Å². The van der Waals surface area contributed by atoms with Crippen LogP contribution in [0.25, 0.3) is 0 Å². The Bertz CT molecular complexity index is 543. The number of aryl methyl sites for hydroxylation is 2. The van der Waals surface area contributed by atoms with E-state index < -0.39 is 0 Å². The van der Waals surface area contributed by atoms with E-state index in [0.29, 0.717) is 0 Å². The van der Waals surface area contributed by atoms with Gasteiger partial charge in [-0.1, -0.05) is 11.6 Å². The maximum Gasteiger partial charge on any atom is 0.0649 e. The first-order chi connectivity index (χ1) is 8.49. The van der Waals surface area contributed by atoms with E-state index >= 15 is 0 Å². The number of benzene rings is 1. The maximum absolute atomic E-state index is 5.88. The highest BCUT2D eigenvalue weighted by molar-refractivity contribution is 6.30. The first-order valence-electron chi connectivity index (χ1n) is 6.01. The molecule has 0 fully saturated rings. The molecule has 0 saturated carbocycles. The summed E-state index contributed by atoms with van der Waals surface area (Å²) in [5.41, 5.74) is 4.59. The van der Waals surface area contributed by atoms with Crippen molar-refractivity contribution in [2.24, 2.45) is 7.05 Å². The molecule has 0 spiro atoms. The Kier molecular flexibility index (Phi) is 3.62. The van der Waals surface area contributed by atoms with Crippen LogP contribution in [0, 0.1) is 13.8 Å². The van der Waals surface area contributed by atoms with E-state index in [4.69, 9.17) is 11.6 Å². The smallest absolute Gasteiger partial charge is 0.0649 e. The lowest BCUT2D eigenvalue weighted by Gasteiger charge is -2.16. The fraction of sp³-hybridized carbons (Fsp3) is 0.357. The summed E-state index contributed by atoms with van der Waals surface area (Å²) >= 11 is 5.88. The minimum atomic E-state index is 0.222. The van der Waals surface area contributed by atoms with Gasteiger partial charge in [0.15, 0.2) is 0 Å². The molecular formula is C14H18ClN3. The number of rotatable bonds is 3. The maximum atomic E-state index is 5.88. The van der Waals surface area contributed by atoms with Gasteiger partial charge in [-0.05, 0) is 45.0 Å². The highest BCUT2D eigenvalue weighted by Gasteiger charge is 2.15. The number of nitrogens with one attached hydrogen (secondary N) is 1. The molecule has 0 bridgehead atoms. The molecule has 4 heteroatoms. The molecule has 1 unspecified atom stereocenters. The van der Waals surface area contributed by atoms with Crippen LogP contribution in [0.3, 0.4) is 0 Å². The van der Waals surface area contributed by atoms with Crippen molar-refractivity contribution in [3.63, 3.8) is 0 Å². The summed E-state index contributed by atoms with van der Waals surface area (Å²) in [6.45, 7) is 6.28. The van der Waals surface area contributed by atoms with Gasteiger partial charge in [0.2, 0.25) is 0 Å². The topological polar surface area (TPSA) is 29.9 Å². The molecular weight excluding hydrogens is 246 g/mol. The van der Waals surface area contributed by atoms with Crippen LogP contribution in [0.5, 0.6) is 0 Å². The van der Waals surface area contributed by atoms with Gasteiger partial charge in [0, 0.05) is 29.0 Å². The molecule has 1 aromatic heterocycles. The molecule has 1 N–H and O–H groups in total. The Morgan fingerprint density at radius 3 is 2.33 bits per heavy atom. The molecule has 96 valence electrons. The van der Waals surface area contributed by atoms with Crippen LogP contribution in [0.1, 0.15) is 29.9 Å². The van der Waals surface area contributed by atoms with Gasteiger partial charge in [-0.15, -0.1) is 0 Å². The van der Waals surface area contributed by atoms with Gasteiger partial charge >= 0.3 is 0 Å². The van der Waals surface area contributed by atoms with Crippen LogP contribution in [0.2, 0.25) is 5.02 Å². The van der Waals surface area contributed by atoms with Gasteiger partial charge in [0.25, 0.3) is 0 Å². The lowest BCUT2D eigenvalue weighted by atomic mass is 10.1. The zero-order chi connectivity index (χ0) is 13.3. The van der Waals surface area contributed by atoms with Crippen LogP contribution in [0.15, 0.2) is 24.3 Å². The monoisotopic (exact) mass is 263 g/mol. The molecule has 3 nitrogen and oxygen atoms in total. The van der Waals surface area contributed by atoms with Crippen molar-refractivity contribution in [1.29, 1.82) is 0 Å². The third-order valence-corrected chi connectivity index (χ3v) is 3.48. The SMILES string of the molecule is Cc1nn(C)c(C)c1C(C)Nc1ccc(Cl)cc1. The number of hydrogen-bond acceptors (Lipinski definition) is 2. The minimum Gasteiger partial charge on any atom is -0.378 e. The molecule has 0 aliphatic carbocycles. The fourth-order valence-electron chi connectivity index (χ4n) is 2.28. The second kappa shape index (κ2) is 5.02.